The van der Waals surface area contributed by atoms with E-state index in [1.54, 1.807) is 4.90 Å². The van der Waals surface area contributed by atoms with E-state index >= 15 is 0 Å². The molecule has 0 radical (unpaired) electrons. The van der Waals surface area contributed by atoms with Gasteiger partial charge in [0.25, 0.3) is 11.8 Å². The number of ether oxygens (including phenoxy) is 1. The van der Waals surface area contributed by atoms with Gasteiger partial charge >= 0.3 is 0 Å². The number of carbonyl (C=O) groups is 2. The molecule has 0 fully saturated rings. The zero-order valence-electron chi connectivity index (χ0n) is 18.8. The summed E-state index contributed by atoms with van der Waals surface area (Å²) in [7, 11) is 0. The normalized spacial score (nSPS) is 14.2. The Morgan fingerprint density at radius 1 is 1.13 bits per heavy atom. The first kappa shape index (κ1) is 22.8. The van der Waals surface area contributed by atoms with Crippen LogP contribution < -0.4 is 15.0 Å². The van der Waals surface area contributed by atoms with Crippen molar-refractivity contribution in [2.45, 2.75) is 46.2 Å². The Balaban J connectivity index is 1.54. The molecule has 1 unspecified atom stereocenters. The molecule has 0 saturated heterocycles. The molecule has 6 nitrogen and oxygen atoms in total. The number of carbonyl (C=O) groups excluding carboxylic acids is 2. The van der Waals surface area contributed by atoms with Crippen LogP contribution in [-0.4, -0.2) is 49.0 Å². The van der Waals surface area contributed by atoms with Gasteiger partial charge < -0.3 is 19.9 Å². The lowest BCUT2D eigenvalue weighted by Gasteiger charge is -2.29. The average molecular weight is 424 g/mol. The van der Waals surface area contributed by atoms with Crippen molar-refractivity contribution in [2.75, 3.05) is 31.1 Å². The summed E-state index contributed by atoms with van der Waals surface area (Å²) in [6, 6.07) is 15.1. The van der Waals surface area contributed by atoms with Gasteiger partial charge in [0.2, 0.25) is 0 Å². The number of nitrogens with zero attached hydrogens (tertiary/aromatic N) is 2. The highest BCUT2D eigenvalue weighted by molar-refractivity contribution is 5.98. The van der Waals surface area contributed by atoms with Crippen LogP contribution in [0.2, 0.25) is 0 Å². The van der Waals surface area contributed by atoms with Crippen LogP contribution in [0.15, 0.2) is 48.5 Å². The Morgan fingerprint density at radius 3 is 2.55 bits per heavy atom. The first-order valence-electron chi connectivity index (χ1n) is 11.2. The molecule has 0 aliphatic carbocycles. The van der Waals surface area contributed by atoms with Crippen molar-refractivity contribution in [1.82, 2.24) is 10.2 Å². The monoisotopic (exact) mass is 423 g/mol. The molecule has 166 valence electrons. The number of hydrogen-bond acceptors (Lipinski definition) is 4. The molecular formula is C25H33N3O3. The SMILES string of the molecule is CCN(CC)CCCC(C)NC(=O)c1ccc(CN2C(=O)COc3ccccc32)cc1. The predicted octanol–water partition coefficient (Wildman–Crippen LogP) is 3.85. The second kappa shape index (κ2) is 11.0. The first-order chi connectivity index (χ1) is 15.0. The van der Waals surface area contributed by atoms with Crippen molar-refractivity contribution in [3.05, 3.63) is 59.7 Å². The Kier molecular flexibility index (Phi) is 8.06. The molecule has 2 amide bonds. The lowest BCUT2D eigenvalue weighted by molar-refractivity contribution is -0.121. The fraction of sp³-hybridized carbons (Fsp3) is 0.440. The summed E-state index contributed by atoms with van der Waals surface area (Å²) >= 11 is 0. The van der Waals surface area contributed by atoms with Gasteiger partial charge in [-0.25, -0.2) is 0 Å². The average Bonchev–Trinajstić information content (AvgIpc) is 2.79. The van der Waals surface area contributed by atoms with Gasteiger partial charge in [-0.15, -0.1) is 0 Å². The first-order valence-corrected chi connectivity index (χ1v) is 11.2. The molecular weight excluding hydrogens is 390 g/mol. The minimum atomic E-state index is -0.0703. The molecule has 1 aliphatic rings. The number of hydrogen-bond donors (Lipinski definition) is 1. The number of anilines is 1. The van der Waals surface area contributed by atoms with Crippen molar-refractivity contribution >= 4 is 17.5 Å². The van der Waals surface area contributed by atoms with E-state index in [1.165, 1.54) is 0 Å². The zero-order chi connectivity index (χ0) is 22.2. The number of fused-ring (bicyclic) bond motifs is 1. The molecule has 0 spiro atoms. The summed E-state index contributed by atoms with van der Waals surface area (Å²) in [4.78, 5) is 29.1. The molecule has 0 saturated carbocycles. The minimum Gasteiger partial charge on any atom is -0.482 e. The molecule has 2 aromatic rings. The summed E-state index contributed by atoms with van der Waals surface area (Å²) in [5.74, 6) is 0.585. The van der Waals surface area contributed by atoms with Gasteiger partial charge in [0, 0.05) is 11.6 Å². The molecule has 1 aliphatic heterocycles. The summed E-state index contributed by atoms with van der Waals surface area (Å²) < 4.78 is 5.50. The van der Waals surface area contributed by atoms with Crippen LogP contribution in [0.25, 0.3) is 0 Å². The summed E-state index contributed by atoms with van der Waals surface area (Å²) in [6.45, 7) is 10.1. The van der Waals surface area contributed by atoms with Crippen LogP contribution >= 0.6 is 0 Å². The molecule has 6 heteroatoms. The van der Waals surface area contributed by atoms with E-state index in [9.17, 15) is 9.59 Å². The number of benzene rings is 2. The van der Waals surface area contributed by atoms with Crippen molar-refractivity contribution in [2.24, 2.45) is 0 Å². The van der Waals surface area contributed by atoms with Gasteiger partial charge in [-0.05, 0) is 69.2 Å². The third-order valence-electron chi connectivity index (χ3n) is 5.75. The molecule has 0 aromatic heterocycles. The van der Waals surface area contributed by atoms with Crippen molar-refractivity contribution < 1.29 is 14.3 Å². The van der Waals surface area contributed by atoms with Gasteiger partial charge in [-0.2, -0.15) is 0 Å². The number of para-hydroxylation sites is 2. The lowest BCUT2D eigenvalue weighted by Crippen LogP contribution is -2.38. The fourth-order valence-corrected chi connectivity index (χ4v) is 3.81. The number of nitrogens with one attached hydrogen (secondary N) is 1. The summed E-state index contributed by atoms with van der Waals surface area (Å²) in [5.41, 5.74) is 2.38. The summed E-state index contributed by atoms with van der Waals surface area (Å²) in [6.07, 6.45) is 2.02. The topological polar surface area (TPSA) is 61.9 Å². The zero-order valence-corrected chi connectivity index (χ0v) is 18.8. The number of rotatable bonds is 10. The smallest absolute Gasteiger partial charge is 0.265 e. The quantitative estimate of drug-likeness (QED) is 0.631. The summed E-state index contributed by atoms with van der Waals surface area (Å²) in [5, 5.41) is 3.09. The van der Waals surface area contributed by atoms with E-state index in [2.05, 4.69) is 31.0 Å². The van der Waals surface area contributed by atoms with Gasteiger partial charge in [-0.3, -0.25) is 9.59 Å². The molecule has 31 heavy (non-hydrogen) atoms. The standard InChI is InChI=1S/C25H33N3O3/c1-4-27(5-2)16-8-9-19(3)26-25(30)21-14-12-20(13-15-21)17-28-22-10-6-7-11-23(22)31-18-24(28)29/h6-7,10-15,19H,4-5,8-9,16-18H2,1-3H3,(H,26,30). The molecule has 2 aromatic carbocycles. The fourth-order valence-electron chi connectivity index (χ4n) is 3.81. The minimum absolute atomic E-state index is 0.0453. The lowest BCUT2D eigenvalue weighted by atomic mass is 10.1. The van der Waals surface area contributed by atoms with E-state index in [0.717, 1.165) is 43.7 Å². The second-order valence-corrected chi connectivity index (χ2v) is 7.98. The maximum Gasteiger partial charge on any atom is 0.265 e. The Bertz CT molecular complexity index is 878. The second-order valence-electron chi connectivity index (χ2n) is 7.98. The van der Waals surface area contributed by atoms with E-state index in [4.69, 9.17) is 4.74 Å². The van der Waals surface area contributed by atoms with Gasteiger partial charge in [0.05, 0.1) is 12.2 Å². The third-order valence-corrected chi connectivity index (χ3v) is 5.75. The highest BCUT2D eigenvalue weighted by Gasteiger charge is 2.25. The van der Waals surface area contributed by atoms with E-state index in [-0.39, 0.29) is 24.5 Å². The van der Waals surface area contributed by atoms with E-state index in [1.807, 2.05) is 48.5 Å². The molecule has 1 heterocycles. The molecule has 1 N–H and O–H groups in total. The highest BCUT2D eigenvalue weighted by atomic mass is 16.5. The molecule has 1 atom stereocenters. The van der Waals surface area contributed by atoms with Crippen molar-refractivity contribution in [3.8, 4) is 5.75 Å². The maximum atomic E-state index is 12.6. The van der Waals surface area contributed by atoms with Gasteiger partial charge in [0.1, 0.15) is 5.75 Å². The van der Waals surface area contributed by atoms with Gasteiger partial charge in [-0.1, -0.05) is 38.1 Å². The van der Waals surface area contributed by atoms with Crippen molar-refractivity contribution in [3.63, 3.8) is 0 Å². The Labute approximate surface area is 185 Å². The Hall–Kier alpha value is -2.86. The van der Waals surface area contributed by atoms with E-state index < -0.39 is 0 Å². The van der Waals surface area contributed by atoms with Crippen LogP contribution in [0.5, 0.6) is 5.75 Å². The van der Waals surface area contributed by atoms with Crippen LogP contribution in [0.3, 0.4) is 0 Å². The number of amides is 2. The Morgan fingerprint density at radius 2 is 1.84 bits per heavy atom. The maximum absolute atomic E-state index is 12.6. The molecule has 3 rings (SSSR count). The van der Waals surface area contributed by atoms with Gasteiger partial charge in [0.15, 0.2) is 6.61 Å². The van der Waals surface area contributed by atoms with Crippen LogP contribution in [-0.2, 0) is 11.3 Å². The third kappa shape index (κ3) is 6.07. The highest BCUT2D eigenvalue weighted by Crippen LogP contribution is 2.32. The van der Waals surface area contributed by atoms with Crippen LogP contribution in [0.4, 0.5) is 5.69 Å². The van der Waals surface area contributed by atoms with Crippen molar-refractivity contribution in [1.29, 1.82) is 0 Å². The van der Waals surface area contributed by atoms with E-state index in [0.29, 0.717) is 17.9 Å². The van der Waals surface area contributed by atoms with Crippen LogP contribution in [0.1, 0.15) is 49.5 Å². The van der Waals surface area contributed by atoms with Crippen LogP contribution in [0, 0.1) is 0 Å². The molecule has 0 bridgehead atoms. The predicted molar refractivity (Wildman–Crippen MR) is 124 cm³/mol. The largest absolute Gasteiger partial charge is 0.482 e.